The first-order valence-electron chi connectivity index (χ1n) is 19.6. The molecule has 3 N–H and O–H groups in total. The van der Waals surface area contributed by atoms with Crippen LogP contribution in [0, 0.1) is 5.92 Å². The number of aromatic amines is 2. The van der Waals surface area contributed by atoms with Crippen molar-refractivity contribution in [2.24, 2.45) is 5.92 Å². The summed E-state index contributed by atoms with van der Waals surface area (Å²) in [7, 11) is 1.30. The number of benzene rings is 4. The van der Waals surface area contributed by atoms with Gasteiger partial charge in [-0.15, -0.1) is 0 Å². The summed E-state index contributed by atoms with van der Waals surface area (Å²) in [4.78, 5) is 58.7. The minimum absolute atomic E-state index is 0.0990. The lowest BCUT2D eigenvalue weighted by Gasteiger charge is -2.29. The van der Waals surface area contributed by atoms with Gasteiger partial charge >= 0.3 is 12.2 Å². The fourth-order valence-electron chi connectivity index (χ4n) is 7.98. The van der Waals surface area contributed by atoms with Crippen molar-refractivity contribution in [2.75, 3.05) is 20.2 Å². The molecule has 2 saturated heterocycles. The Bertz CT molecular complexity index is 2350. The second kappa shape index (κ2) is 16.4. The number of likely N-dealkylation sites (tertiary alicyclic amines) is 2. The topological polar surface area (TPSA) is 146 Å². The molecule has 2 fully saturated rings. The number of nitrogens with zero attached hydrogens (tertiary/aromatic N) is 4. The lowest BCUT2D eigenvalue weighted by Crippen LogP contribution is -2.51. The van der Waals surface area contributed by atoms with Crippen LogP contribution in [0.5, 0.6) is 0 Å². The van der Waals surface area contributed by atoms with Gasteiger partial charge in [0.2, 0.25) is 5.91 Å². The van der Waals surface area contributed by atoms with E-state index >= 15 is 0 Å². The van der Waals surface area contributed by atoms with Crippen LogP contribution in [0.3, 0.4) is 0 Å². The molecule has 2 aliphatic heterocycles. The normalized spacial score (nSPS) is 17.3. The van der Waals surface area contributed by atoms with E-state index in [0.29, 0.717) is 13.1 Å². The standard InChI is InChI=1S/C45H47N7O5/c1-28(2)40(50-44(54)56-3)43(53)51-23-7-12-39(51)42-47-35-22-21-34(25-36(35)48-42)32-15-13-30(14-16-32)31-17-19-33(20-18-31)37-26-46-41(49-37)38-11-8-24-52(38)45(55)57-27-29-9-5-4-6-10-29/h4-6,9-10,13-22,25-26,28,38-40H,7-8,11-12,23-24,27H2,1-3H3,(H,46,49)(H,47,48)(H,50,54)/t38-,39-,40?/m0/s1. The maximum absolute atomic E-state index is 13.6. The SMILES string of the molecule is COC(=O)NC(C(=O)N1CCC[C@H]1c1nc2ccc(-c3ccc(-c4ccc(-c5cnc([C@@H]6CCCN6C(=O)OCc6ccccc6)[nH]5)cc4)cc3)cc2[nH]1)C(C)C. The van der Waals surface area contributed by atoms with Gasteiger partial charge in [-0.05, 0) is 77.1 Å². The highest BCUT2D eigenvalue weighted by molar-refractivity contribution is 5.87. The van der Waals surface area contributed by atoms with E-state index in [2.05, 4.69) is 80.9 Å². The Hall–Kier alpha value is -6.43. The Kier molecular flexibility index (Phi) is 10.8. The van der Waals surface area contributed by atoms with Crippen molar-refractivity contribution in [1.29, 1.82) is 0 Å². The highest BCUT2D eigenvalue weighted by Gasteiger charge is 2.38. The molecule has 3 atom stereocenters. The van der Waals surface area contributed by atoms with Gasteiger partial charge in [-0.1, -0.05) is 98.8 Å². The number of aromatic nitrogens is 4. The fourth-order valence-corrected chi connectivity index (χ4v) is 7.98. The maximum atomic E-state index is 13.6. The molecule has 2 aromatic heterocycles. The lowest BCUT2D eigenvalue weighted by atomic mass is 9.99. The first-order chi connectivity index (χ1) is 27.7. The third-order valence-electron chi connectivity index (χ3n) is 11.1. The van der Waals surface area contributed by atoms with Gasteiger partial charge in [0, 0.05) is 13.1 Å². The van der Waals surface area contributed by atoms with Crippen molar-refractivity contribution in [3.63, 3.8) is 0 Å². The number of imidazole rings is 2. The van der Waals surface area contributed by atoms with Gasteiger partial charge in [0.05, 0.1) is 42.1 Å². The highest BCUT2D eigenvalue weighted by atomic mass is 16.6. The molecule has 292 valence electrons. The Morgan fingerprint density at radius 3 is 2.05 bits per heavy atom. The smallest absolute Gasteiger partial charge is 0.410 e. The Labute approximate surface area is 331 Å². The number of rotatable bonds is 10. The van der Waals surface area contributed by atoms with E-state index in [1.807, 2.05) is 61.3 Å². The number of carbonyl (C=O) groups excluding carboxylic acids is 3. The Morgan fingerprint density at radius 1 is 0.772 bits per heavy atom. The molecule has 12 nitrogen and oxygen atoms in total. The summed E-state index contributed by atoms with van der Waals surface area (Å²) in [6.07, 6.45) is 4.28. The zero-order valence-corrected chi connectivity index (χ0v) is 32.4. The highest BCUT2D eigenvalue weighted by Crippen LogP contribution is 2.35. The molecule has 2 aliphatic rings. The summed E-state index contributed by atoms with van der Waals surface area (Å²) < 4.78 is 10.4. The van der Waals surface area contributed by atoms with Crippen molar-refractivity contribution in [3.05, 3.63) is 120 Å². The molecule has 57 heavy (non-hydrogen) atoms. The van der Waals surface area contributed by atoms with Crippen LogP contribution < -0.4 is 5.32 Å². The summed E-state index contributed by atoms with van der Waals surface area (Å²) in [5.41, 5.74) is 8.94. The number of H-pyrrole nitrogens is 2. The van der Waals surface area contributed by atoms with Crippen molar-refractivity contribution >= 4 is 29.1 Å². The number of hydrogen-bond donors (Lipinski definition) is 3. The molecular weight excluding hydrogens is 719 g/mol. The summed E-state index contributed by atoms with van der Waals surface area (Å²) in [6, 6.07) is 31.8. The molecule has 8 rings (SSSR count). The van der Waals surface area contributed by atoms with Crippen LogP contribution in [0.2, 0.25) is 0 Å². The first kappa shape index (κ1) is 37.5. The molecule has 0 spiro atoms. The number of ether oxygens (including phenoxy) is 2. The minimum atomic E-state index is -0.682. The van der Waals surface area contributed by atoms with E-state index in [9.17, 15) is 14.4 Å². The quantitative estimate of drug-likeness (QED) is 0.126. The minimum Gasteiger partial charge on any atom is -0.453 e. The molecule has 6 aromatic rings. The van der Waals surface area contributed by atoms with E-state index in [1.54, 1.807) is 4.90 Å². The van der Waals surface area contributed by atoms with Crippen LogP contribution in [0.1, 0.15) is 68.8 Å². The average Bonchev–Trinajstić information content (AvgIpc) is 4.08. The predicted octanol–water partition coefficient (Wildman–Crippen LogP) is 8.80. The largest absolute Gasteiger partial charge is 0.453 e. The van der Waals surface area contributed by atoms with Gasteiger partial charge in [0.25, 0.3) is 0 Å². The summed E-state index contributed by atoms with van der Waals surface area (Å²) in [6.45, 7) is 5.31. The van der Waals surface area contributed by atoms with Gasteiger partial charge < -0.3 is 29.7 Å². The summed E-state index contributed by atoms with van der Waals surface area (Å²) >= 11 is 0. The molecule has 0 radical (unpaired) electrons. The number of carbonyl (C=O) groups is 3. The molecule has 3 amide bonds. The number of amides is 3. The lowest BCUT2D eigenvalue weighted by molar-refractivity contribution is -0.135. The van der Waals surface area contributed by atoms with E-state index < -0.39 is 12.1 Å². The van der Waals surface area contributed by atoms with E-state index in [4.69, 9.17) is 14.5 Å². The molecular formula is C45H47N7O5. The van der Waals surface area contributed by atoms with E-state index in [1.165, 1.54) is 7.11 Å². The van der Waals surface area contributed by atoms with Gasteiger partial charge in [-0.2, -0.15) is 0 Å². The Balaban J connectivity index is 0.917. The first-order valence-corrected chi connectivity index (χ1v) is 19.6. The van der Waals surface area contributed by atoms with Crippen LogP contribution in [-0.2, 0) is 20.9 Å². The van der Waals surface area contributed by atoms with Crippen molar-refractivity contribution < 1.29 is 23.9 Å². The summed E-state index contributed by atoms with van der Waals surface area (Å²) in [5.74, 6) is 1.29. The number of methoxy groups -OCH3 is 1. The molecule has 1 unspecified atom stereocenters. The predicted molar refractivity (Wildman–Crippen MR) is 218 cm³/mol. The van der Waals surface area contributed by atoms with Crippen LogP contribution >= 0.6 is 0 Å². The van der Waals surface area contributed by atoms with Crippen LogP contribution in [-0.4, -0.2) is 74.1 Å². The number of hydrogen-bond acceptors (Lipinski definition) is 7. The van der Waals surface area contributed by atoms with Gasteiger partial charge in [-0.3, -0.25) is 9.69 Å². The van der Waals surface area contributed by atoms with E-state index in [-0.39, 0.29) is 36.6 Å². The molecule has 0 bridgehead atoms. The molecule has 4 aromatic carbocycles. The van der Waals surface area contributed by atoms with Crippen LogP contribution in [0.15, 0.2) is 103 Å². The van der Waals surface area contributed by atoms with Gasteiger partial charge in [-0.25, -0.2) is 19.6 Å². The zero-order chi connectivity index (χ0) is 39.5. The molecule has 0 aliphatic carbocycles. The van der Waals surface area contributed by atoms with Crippen molar-refractivity contribution in [2.45, 2.75) is 64.3 Å². The van der Waals surface area contributed by atoms with Gasteiger partial charge in [0.1, 0.15) is 24.3 Å². The fraction of sp³-hybridized carbons (Fsp3) is 0.311. The zero-order valence-electron chi connectivity index (χ0n) is 32.4. The molecule has 0 saturated carbocycles. The second-order valence-corrected chi connectivity index (χ2v) is 15.1. The summed E-state index contributed by atoms with van der Waals surface area (Å²) in [5, 5.41) is 2.71. The number of alkyl carbamates (subject to hydrolysis) is 1. The van der Waals surface area contributed by atoms with Crippen LogP contribution in [0.25, 0.3) is 44.5 Å². The molecule has 4 heterocycles. The van der Waals surface area contributed by atoms with Crippen molar-refractivity contribution in [3.8, 4) is 33.5 Å². The third-order valence-corrected chi connectivity index (χ3v) is 11.1. The third kappa shape index (κ3) is 7.98. The number of fused-ring (bicyclic) bond motifs is 1. The Morgan fingerprint density at radius 2 is 1.39 bits per heavy atom. The van der Waals surface area contributed by atoms with Gasteiger partial charge in [0.15, 0.2) is 0 Å². The second-order valence-electron chi connectivity index (χ2n) is 15.1. The van der Waals surface area contributed by atoms with E-state index in [0.717, 1.165) is 87.4 Å². The number of nitrogens with one attached hydrogen (secondary N) is 3. The van der Waals surface area contributed by atoms with Crippen LogP contribution in [0.4, 0.5) is 9.59 Å². The molecule has 12 heteroatoms. The van der Waals surface area contributed by atoms with Crippen molar-refractivity contribution in [1.82, 2.24) is 35.1 Å². The maximum Gasteiger partial charge on any atom is 0.410 e. The average molecular weight is 766 g/mol. The monoisotopic (exact) mass is 765 g/mol.